The summed E-state index contributed by atoms with van der Waals surface area (Å²) in [5.41, 5.74) is 4.25. The lowest BCUT2D eigenvalue weighted by atomic mass is 11.3. The lowest BCUT2D eigenvalue weighted by Gasteiger charge is -2.31. The highest BCUT2D eigenvalue weighted by Crippen LogP contribution is 2.29. The van der Waals surface area contributed by atoms with Crippen molar-refractivity contribution in [3.63, 3.8) is 0 Å². The normalized spacial score (nSPS) is 13.3. The zero-order chi connectivity index (χ0) is 13.0. The van der Waals surface area contributed by atoms with Crippen LogP contribution in [0.1, 0.15) is 0 Å². The van der Waals surface area contributed by atoms with Crippen molar-refractivity contribution in [2.45, 2.75) is 6.55 Å². The average molecular weight is 354 g/mol. The summed E-state index contributed by atoms with van der Waals surface area (Å²) in [6.45, 7) is 6.32. The van der Waals surface area contributed by atoms with E-state index in [1.165, 1.54) is 17.1 Å². The fourth-order valence-electron chi connectivity index (χ4n) is 0.728. The smallest absolute Gasteiger partial charge is 0.407 e. The first kappa shape index (κ1) is 17.0. The molecule has 0 atom stereocenters. The molecule has 0 aromatic carbocycles. The van der Waals surface area contributed by atoms with Gasteiger partial charge in [-0.15, -0.1) is 64.1 Å². The zero-order valence-electron chi connectivity index (χ0n) is 8.68. The molecule has 0 bridgehead atoms. The highest BCUT2D eigenvalue weighted by atomic mass is 35.7. The molecule has 0 aromatic heterocycles. The van der Waals surface area contributed by atoms with Gasteiger partial charge >= 0.3 is 22.4 Å². The van der Waals surface area contributed by atoms with Crippen molar-refractivity contribution in [1.29, 1.82) is 0 Å². The van der Waals surface area contributed by atoms with Gasteiger partial charge in [0, 0.05) is 0 Å². The van der Waals surface area contributed by atoms with Crippen LogP contribution in [0.4, 0.5) is 0 Å². The number of rotatable bonds is 7. The molecular formula is C7H12Cl4O2Si3. The molecule has 0 heterocycles. The molecule has 0 aliphatic carbocycles. The lowest BCUT2D eigenvalue weighted by Crippen LogP contribution is -2.49. The van der Waals surface area contributed by atoms with E-state index >= 15 is 0 Å². The van der Waals surface area contributed by atoms with Crippen molar-refractivity contribution >= 4 is 66.8 Å². The SMILES string of the molecule is C=C[Si](Cl)(Cl)O[Si](C)(C=C)O[Si](Cl)(Cl)C=C. The van der Waals surface area contributed by atoms with Crippen LogP contribution in [0.15, 0.2) is 36.8 Å². The maximum absolute atomic E-state index is 5.93. The van der Waals surface area contributed by atoms with E-state index in [1.54, 1.807) is 6.55 Å². The Labute approximate surface area is 118 Å². The van der Waals surface area contributed by atoms with Crippen molar-refractivity contribution < 1.29 is 8.23 Å². The number of hydrogen-bond donors (Lipinski definition) is 0. The van der Waals surface area contributed by atoms with Crippen LogP contribution in [0.3, 0.4) is 0 Å². The predicted molar refractivity (Wildman–Crippen MR) is 79.3 cm³/mol. The first-order valence-corrected chi connectivity index (χ1v) is 14.6. The van der Waals surface area contributed by atoms with Crippen LogP contribution in [0.5, 0.6) is 0 Å². The first-order chi connectivity index (χ1) is 7.10. The zero-order valence-corrected chi connectivity index (χ0v) is 14.7. The van der Waals surface area contributed by atoms with E-state index in [0.717, 1.165) is 0 Å². The minimum Gasteiger partial charge on any atom is -0.407 e. The van der Waals surface area contributed by atoms with E-state index in [9.17, 15) is 0 Å². The predicted octanol–water partition coefficient (Wildman–Crippen LogP) is 4.10. The summed E-state index contributed by atoms with van der Waals surface area (Å²) in [6, 6.07) is 0. The molecule has 0 fully saturated rings. The summed E-state index contributed by atoms with van der Waals surface area (Å²) in [7, 11) is -2.82. The molecule has 0 saturated carbocycles. The molecule has 0 unspecified atom stereocenters. The maximum atomic E-state index is 5.93. The van der Waals surface area contributed by atoms with Gasteiger partial charge in [0.05, 0.1) is 0 Å². The van der Waals surface area contributed by atoms with E-state index in [4.69, 9.17) is 52.5 Å². The third-order valence-electron chi connectivity index (χ3n) is 1.52. The van der Waals surface area contributed by atoms with Crippen molar-refractivity contribution in [2.24, 2.45) is 0 Å². The minimum absolute atomic E-state index is 1.37. The van der Waals surface area contributed by atoms with Gasteiger partial charge in [-0.2, -0.15) is 0 Å². The second-order valence-electron chi connectivity index (χ2n) is 2.96. The third kappa shape index (κ3) is 6.04. The Bertz CT molecular complexity index is 273. The van der Waals surface area contributed by atoms with E-state index in [0.29, 0.717) is 0 Å². The van der Waals surface area contributed by atoms with Gasteiger partial charge in [-0.25, -0.2) is 0 Å². The Morgan fingerprint density at radius 3 is 1.31 bits per heavy atom. The van der Waals surface area contributed by atoms with Gasteiger partial charge in [-0.05, 0) is 17.9 Å². The molecule has 0 saturated heterocycles. The molecule has 0 rings (SSSR count). The summed E-state index contributed by atoms with van der Waals surface area (Å²) in [5, 5.41) is 0. The second kappa shape index (κ2) is 6.22. The van der Waals surface area contributed by atoms with Crippen molar-refractivity contribution in [3.8, 4) is 0 Å². The summed E-state index contributed by atoms with van der Waals surface area (Å²) in [6.07, 6.45) is 0. The van der Waals surface area contributed by atoms with Gasteiger partial charge in [0.1, 0.15) is 0 Å². The van der Waals surface area contributed by atoms with Crippen LogP contribution in [0.2, 0.25) is 6.55 Å². The molecule has 0 aromatic rings. The van der Waals surface area contributed by atoms with Gasteiger partial charge in [-0.1, -0.05) is 5.70 Å². The standard InChI is InChI=1S/C7H12Cl4O2Si3/c1-5-14(4,12-15(8,9)6-2)13-16(10,11)7-3/h5-7H,1-3H2,4H3. The van der Waals surface area contributed by atoms with Crippen LogP contribution >= 0.6 is 44.3 Å². The Kier molecular flexibility index (Phi) is 6.58. The molecular weight excluding hydrogens is 342 g/mol. The molecule has 0 spiro atoms. The molecule has 0 N–H and O–H groups in total. The van der Waals surface area contributed by atoms with Crippen LogP contribution in [-0.4, -0.2) is 22.4 Å². The molecule has 0 radical (unpaired) electrons. The highest BCUT2D eigenvalue weighted by Gasteiger charge is 2.44. The molecule has 9 heteroatoms. The van der Waals surface area contributed by atoms with E-state index < -0.39 is 22.4 Å². The average Bonchev–Trinajstić information content (AvgIpc) is 2.16. The Balaban J connectivity index is 4.86. The highest BCUT2D eigenvalue weighted by molar-refractivity contribution is 7.47. The van der Waals surface area contributed by atoms with Crippen LogP contribution in [0.25, 0.3) is 0 Å². The summed E-state index contributed by atoms with van der Waals surface area (Å²) >= 11 is 23.7. The van der Waals surface area contributed by atoms with E-state index in [1.807, 2.05) is 0 Å². The van der Waals surface area contributed by atoms with E-state index in [2.05, 4.69) is 19.7 Å². The van der Waals surface area contributed by atoms with Crippen LogP contribution in [-0.2, 0) is 8.23 Å². The fraction of sp³-hybridized carbons (Fsp3) is 0.143. The maximum Gasteiger partial charge on any atom is 0.407 e. The summed E-state index contributed by atoms with van der Waals surface area (Å²) in [5.74, 6) is 0. The quantitative estimate of drug-likeness (QED) is 0.506. The van der Waals surface area contributed by atoms with Gasteiger partial charge in [0.25, 0.3) is 0 Å². The van der Waals surface area contributed by atoms with Crippen molar-refractivity contribution in [1.82, 2.24) is 0 Å². The monoisotopic (exact) mass is 352 g/mol. The molecule has 16 heavy (non-hydrogen) atoms. The Hall–Kier alpha value is 0.951. The van der Waals surface area contributed by atoms with Gasteiger partial charge in [0.15, 0.2) is 0 Å². The topological polar surface area (TPSA) is 18.5 Å². The Morgan fingerprint density at radius 2 is 1.12 bits per heavy atom. The number of halogens is 4. The number of hydrogen-bond acceptors (Lipinski definition) is 2. The van der Waals surface area contributed by atoms with Gasteiger partial charge in [-0.3, -0.25) is 0 Å². The molecule has 92 valence electrons. The largest absolute Gasteiger partial charge is 0.407 e. The van der Waals surface area contributed by atoms with Crippen molar-refractivity contribution in [3.05, 3.63) is 36.8 Å². The van der Waals surface area contributed by atoms with Crippen LogP contribution < -0.4 is 0 Å². The third-order valence-corrected chi connectivity index (χ3v) is 13.3. The van der Waals surface area contributed by atoms with Gasteiger partial charge < -0.3 is 8.23 Å². The van der Waals surface area contributed by atoms with E-state index in [-0.39, 0.29) is 0 Å². The molecule has 0 amide bonds. The van der Waals surface area contributed by atoms with Crippen LogP contribution in [0, 0.1) is 0 Å². The van der Waals surface area contributed by atoms with Crippen molar-refractivity contribution in [2.75, 3.05) is 0 Å². The fourth-order valence-corrected chi connectivity index (χ4v) is 12.4. The summed E-state index contributed by atoms with van der Waals surface area (Å²) < 4.78 is 11.1. The minimum atomic E-state index is -3.00. The summed E-state index contributed by atoms with van der Waals surface area (Å²) in [4.78, 5) is 0. The van der Waals surface area contributed by atoms with Gasteiger partial charge in [0.2, 0.25) is 0 Å². The Morgan fingerprint density at radius 1 is 0.812 bits per heavy atom. The second-order valence-corrected chi connectivity index (χ2v) is 18.0. The first-order valence-electron chi connectivity index (χ1n) is 4.16. The molecule has 0 aliphatic rings. The molecule has 0 aliphatic heterocycles. The molecule has 2 nitrogen and oxygen atoms in total. The lowest BCUT2D eigenvalue weighted by molar-refractivity contribution is 0.430.